The van der Waals surface area contributed by atoms with Crippen molar-refractivity contribution in [2.75, 3.05) is 22.1 Å². The van der Waals surface area contributed by atoms with Crippen LogP contribution in [0.3, 0.4) is 0 Å². The van der Waals surface area contributed by atoms with Crippen molar-refractivity contribution >= 4 is 41.1 Å². The number of carbonyl (C=O) groups is 3. The van der Waals surface area contributed by atoms with Crippen LogP contribution in [0.15, 0.2) is 34.9 Å². The number of anilines is 2. The normalized spacial score (nSPS) is 11.5. The number of hydrogen-bond acceptors (Lipinski definition) is 7. The Morgan fingerprint density at radius 1 is 1.26 bits per heavy atom. The summed E-state index contributed by atoms with van der Waals surface area (Å²) in [4.78, 5) is 35.4. The molecule has 0 unspecified atom stereocenters. The van der Waals surface area contributed by atoms with Crippen LogP contribution in [0.4, 0.5) is 15.9 Å². The average Bonchev–Trinajstić information content (AvgIpc) is 3.01. The second kappa shape index (κ2) is 9.72. The average molecular weight is 395 g/mol. The topological polar surface area (TPSA) is 111 Å². The molecule has 1 aromatic carbocycles. The van der Waals surface area contributed by atoms with E-state index in [1.807, 2.05) is 0 Å². The van der Waals surface area contributed by atoms with Gasteiger partial charge in [0, 0.05) is 6.07 Å². The lowest BCUT2D eigenvalue weighted by Crippen LogP contribution is -2.31. The highest BCUT2D eigenvalue weighted by Gasteiger charge is 2.19. The maximum Gasteiger partial charge on any atom is 0.316 e. The van der Waals surface area contributed by atoms with Gasteiger partial charge in [-0.15, -0.1) is 11.8 Å². The first-order valence-electron chi connectivity index (χ1n) is 7.91. The summed E-state index contributed by atoms with van der Waals surface area (Å²) in [5.74, 6) is -1.54. The highest BCUT2D eigenvalue weighted by atomic mass is 32.2. The predicted octanol–water partition coefficient (Wildman–Crippen LogP) is 2.36. The third-order valence-electron chi connectivity index (χ3n) is 3.16. The van der Waals surface area contributed by atoms with Gasteiger partial charge in [0.25, 0.3) is 5.91 Å². The molecule has 2 amide bonds. The van der Waals surface area contributed by atoms with E-state index in [-0.39, 0.29) is 23.1 Å². The number of halogens is 1. The van der Waals surface area contributed by atoms with E-state index >= 15 is 0 Å². The van der Waals surface area contributed by atoms with E-state index in [2.05, 4.69) is 15.8 Å². The standard InChI is InChI=1S/C17H18FN3O5S/c1-10-7-14(21-26-10)20-15(22)8-27-9-16(23)25-11(2)17(24)19-13-6-4-3-5-12(13)18/h3-7,11H,8-9H2,1-2H3,(H,19,24)(H,20,21,22)/t11-/m1/s1. The molecule has 8 nitrogen and oxygen atoms in total. The summed E-state index contributed by atoms with van der Waals surface area (Å²) in [6, 6.07) is 7.22. The molecule has 0 saturated carbocycles. The summed E-state index contributed by atoms with van der Waals surface area (Å²) >= 11 is 1.02. The summed E-state index contributed by atoms with van der Waals surface area (Å²) in [5.41, 5.74) is -0.000428. The number of ether oxygens (including phenoxy) is 1. The van der Waals surface area contributed by atoms with Crippen molar-refractivity contribution in [1.82, 2.24) is 5.16 Å². The molecule has 0 saturated heterocycles. The minimum Gasteiger partial charge on any atom is -0.452 e. The second-order valence-electron chi connectivity index (χ2n) is 5.46. The fourth-order valence-electron chi connectivity index (χ4n) is 1.91. The molecule has 144 valence electrons. The molecule has 0 aliphatic heterocycles. The van der Waals surface area contributed by atoms with E-state index in [9.17, 15) is 18.8 Å². The zero-order valence-electron chi connectivity index (χ0n) is 14.7. The van der Waals surface area contributed by atoms with Gasteiger partial charge in [-0.3, -0.25) is 14.4 Å². The summed E-state index contributed by atoms with van der Waals surface area (Å²) in [7, 11) is 0. The minimum absolute atomic E-state index is 0.000428. The molecule has 10 heteroatoms. The number of aryl methyl sites for hydroxylation is 1. The zero-order chi connectivity index (χ0) is 19.8. The van der Waals surface area contributed by atoms with Crippen LogP contribution in [0.25, 0.3) is 0 Å². The van der Waals surface area contributed by atoms with Crippen molar-refractivity contribution < 1.29 is 28.0 Å². The number of nitrogens with zero attached hydrogens (tertiary/aromatic N) is 1. The third-order valence-corrected chi connectivity index (χ3v) is 4.06. The summed E-state index contributed by atoms with van der Waals surface area (Å²) in [6.45, 7) is 3.06. The van der Waals surface area contributed by atoms with Crippen LogP contribution < -0.4 is 10.6 Å². The fourth-order valence-corrected chi connectivity index (χ4v) is 2.51. The Kier molecular flexibility index (Phi) is 7.35. The number of amides is 2. The number of hydrogen-bond donors (Lipinski definition) is 2. The molecule has 2 N–H and O–H groups in total. The van der Waals surface area contributed by atoms with Crippen LogP contribution in [-0.4, -0.2) is 40.6 Å². The highest BCUT2D eigenvalue weighted by Crippen LogP contribution is 2.13. The van der Waals surface area contributed by atoms with Crippen molar-refractivity contribution in [3.63, 3.8) is 0 Å². The van der Waals surface area contributed by atoms with Gasteiger partial charge in [-0.2, -0.15) is 0 Å². The van der Waals surface area contributed by atoms with E-state index in [0.29, 0.717) is 11.6 Å². The number of benzene rings is 1. The number of aromatic nitrogens is 1. The van der Waals surface area contributed by atoms with Crippen molar-refractivity contribution in [3.05, 3.63) is 41.9 Å². The predicted molar refractivity (Wildman–Crippen MR) is 97.8 cm³/mol. The quantitative estimate of drug-likeness (QED) is 0.660. The summed E-state index contributed by atoms with van der Waals surface area (Å²) in [6.07, 6.45) is -1.11. The van der Waals surface area contributed by atoms with Gasteiger partial charge in [0.05, 0.1) is 17.2 Å². The van der Waals surface area contributed by atoms with Gasteiger partial charge in [0.2, 0.25) is 5.91 Å². The number of esters is 1. The number of para-hydroxylation sites is 1. The van der Waals surface area contributed by atoms with Gasteiger partial charge in [-0.05, 0) is 26.0 Å². The molecular formula is C17H18FN3O5S. The SMILES string of the molecule is Cc1cc(NC(=O)CSCC(=O)O[C@H](C)C(=O)Nc2ccccc2F)no1. The van der Waals surface area contributed by atoms with Gasteiger partial charge < -0.3 is 19.9 Å². The molecule has 2 rings (SSSR count). The van der Waals surface area contributed by atoms with Gasteiger partial charge >= 0.3 is 5.97 Å². The van der Waals surface area contributed by atoms with Crippen LogP contribution in [0, 0.1) is 12.7 Å². The number of thioether (sulfide) groups is 1. The smallest absolute Gasteiger partial charge is 0.316 e. The molecule has 0 radical (unpaired) electrons. The minimum atomic E-state index is -1.11. The van der Waals surface area contributed by atoms with Crippen LogP contribution in [0.2, 0.25) is 0 Å². The van der Waals surface area contributed by atoms with E-state index in [4.69, 9.17) is 9.26 Å². The monoisotopic (exact) mass is 395 g/mol. The first-order chi connectivity index (χ1) is 12.8. The van der Waals surface area contributed by atoms with Crippen molar-refractivity contribution in [1.29, 1.82) is 0 Å². The van der Waals surface area contributed by atoms with E-state index in [0.717, 1.165) is 11.8 Å². The number of rotatable bonds is 8. The van der Waals surface area contributed by atoms with Crippen LogP contribution in [0.5, 0.6) is 0 Å². The van der Waals surface area contributed by atoms with E-state index in [1.54, 1.807) is 19.1 Å². The molecule has 0 bridgehead atoms. The maximum absolute atomic E-state index is 13.5. The molecular weight excluding hydrogens is 377 g/mol. The molecule has 0 fully saturated rings. The Labute approximate surface area is 158 Å². The Morgan fingerprint density at radius 2 is 2.00 bits per heavy atom. The Morgan fingerprint density at radius 3 is 2.67 bits per heavy atom. The molecule has 27 heavy (non-hydrogen) atoms. The molecule has 2 aromatic rings. The number of carbonyl (C=O) groups excluding carboxylic acids is 3. The van der Waals surface area contributed by atoms with Crippen LogP contribution in [-0.2, 0) is 19.1 Å². The van der Waals surface area contributed by atoms with Gasteiger partial charge in [-0.1, -0.05) is 17.3 Å². The molecule has 1 heterocycles. The van der Waals surface area contributed by atoms with Crippen LogP contribution in [0.1, 0.15) is 12.7 Å². The molecule has 0 spiro atoms. The molecule has 0 aliphatic rings. The summed E-state index contributed by atoms with van der Waals surface area (Å²) in [5, 5.41) is 8.47. The lowest BCUT2D eigenvalue weighted by molar-refractivity contribution is -0.150. The first-order valence-corrected chi connectivity index (χ1v) is 9.06. The lowest BCUT2D eigenvalue weighted by atomic mass is 10.3. The molecule has 1 aromatic heterocycles. The van der Waals surface area contributed by atoms with Crippen LogP contribution >= 0.6 is 11.8 Å². The highest BCUT2D eigenvalue weighted by molar-refractivity contribution is 8.00. The lowest BCUT2D eigenvalue weighted by Gasteiger charge is -2.13. The summed E-state index contributed by atoms with van der Waals surface area (Å²) < 4.78 is 23.3. The van der Waals surface area contributed by atoms with E-state index in [1.165, 1.54) is 25.1 Å². The van der Waals surface area contributed by atoms with Gasteiger partial charge in [-0.25, -0.2) is 4.39 Å². The number of nitrogens with one attached hydrogen (secondary N) is 2. The Bertz CT molecular complexity index is 826. The Balaban J connectivity index is 1.69. The maximum atomic E-state index is 13.5. The zero-order valence-corrected chi connectivity index (χ0v) is 15.5. The largest absolute Gasteiger partial charge is 0.452 e. The van der Waals surface area contributed by atoms with Crippen molar-refractivity contribution in [3.8, 4) is 0 Å². The second-order valence-corrected chi connectivity index (χ2v) is 6.45. The molecule has 1 atom stereocenters. The van der Waals surface area contributed by atoms with Crippen molar-refractivity contribution in [2.24, 2.45) is 0 Å². The van der Waals surface area contributed by atoms with Gasteiger partial charge in [0.1, 0.15) is 11.6 Å². The van der Waals surface area contributed by atoms with Crippen molar-refractivity contribution in [2.45, 2.75) is 20.0 Å². The van der Waals surface area contributed by atoms with Gasteiger partial charge in [0.15, 0.2) is 11.9 Å². The Hall–Kier alpha value is -2.88. The fraction of sp³-hybridized carbons (Fsp3) is 0.294. The third kappa shape index (κ3) is 6.74. The first kappa shape index (κ1) is 20.4. The van der Waals surface area contributed by atoms with E-state index < -0.39 is 23.8 Å². The molecule has 0 aliphatic carbocycles.